The van der Waals surface area contributed by atoms with E-state index in [0.717, 1.165) is 11.5 Å². The number of methoxy groups -OCH3 is 1. The predicted molar refractivity (Wildman–Crippen MR) is 101 cm³/mol. The topological polar surface area (TPSA) is 128 Å². The first kappa shape index (κ1) is 19.3. The number of carbonyl (C=O) groups excluding carboxylic acids is 2. The number of hydrogen-bond donors (Lipinski definition) is 2. The molecule has 0 bridgehead atoms. The molecule has 0 aromatic carbocycles. The van der Waals surface area contributed by atoms with Crippen LogP contribution in [-0.4, -0.2) is 39.9 Å². The highest BCUT2D eigenvalue weighted by atomic mass is 32.1. The highest BCUT2D eigenvalue weighted by molar-refractivity contribution is 7.10. The molecule has 11 heteroatoms. The summed E-state index contributed by atoms with van der Waals surface area (Å²) >= 11 is 1.07. The van der Waals surface area contributed by atoms with Crippen molar-refractivity contribution in [1.29, 1.82) is 0 Å². The minimum Gasteiger partial charge on any atom is -0.481 e. The van der Waals surface area contributed by atoms with Crippen LogP contribution < -0.4 is 15.4 Å². The molecule has 3 rings (SSSR count). The third-order valence-electron chi connectivity index (χ3n) is 3.50. The van der Waals surface area contributed by atoms with E-state index in [0.29, 0.717) is 27.8 Å². The number of hydrogen-bond acceptors (Lipinski definition) is 10. The number of nitrogens with zero attached hydrogens (tertiary/aromatic N) is 3. The Hall–Kier alpha value is -3.47. The van der Waals surface area contributed by atoms with Crippen LogP contribution in [0.4, 0.5) is 16.7 Å². The summed E-state index contributed by atoms with van der Waals surface area (Å²) in [4.78, 5) is 32.4. The van der Waals surface area contributed by atoms with Gasteiger partial charge < -0.3 is 19.2 Å². The summed E-state index contributed by atoms with van der Waals surface area (Å²) in [5.41, 5.74) is 1.36. The van der Waals surface area contributed by atoms with Gasteiger partial charge in [-0.1, -0.05) is 0 Å². The van der Waals surface area contributed by atoms with E-state index < -0.39 is 5.97 Å². The molecule has 3 heterocycles. The normalized spacial score (nSPS) is 10.4. The number of ether oxygens (including phenoxy) is 2. The highest BCUT2D eigenvalue weighted by Crippen LogP contribution is 2.29. The van der Waals surface area contributed by atoms with Gasteiger partial charge in [-0.15, -0.1) is 0 Å². The standard InChI is InChI=1S/C17H17N5O5S/c1-4-26-16(24)11-8-19-17(27-11)21-15-13(9(2)22-28-15)14(23)20-10-5-6-12(25-3)18-7-10/h5-8H,4H2,1-3H3,(H,19,21)(H,20,23). The summed E-state index contributed by atoms with van der Waals surface area (Å²) in [6.45, 7) is 3.63. The number of pyridine rings is 1. The Morgan fingerprint density at radius 2 is 2.07 bits per heavy atom. The van der Waals surface area contributed by atoms with Gasteiger partial charge in [0.2, 0.25) is 11.6 Å². The van der Waals surface area contributed by atoms with Gasteiger partial charge in [-0.05, 0) is 31.4 Å². The summed E-state index contributed by atoms with van der Waals surface area (Å²) in [7, 11) is 1.51. The zero-order valence-corrected chi connectivity index (χ0v) is 16.1. The number of nitrogens with one attached hydrogen (secondary N) is 2. The van der Waals surface area contributed by atoms with Crippen molar-refractivity contribution in [2.24, 2.45) is 0 Å². The smallest absolute Gasteiger partial charge is 0.376 e. The molecule has 0 fully saturated rings. The van der Waals surface area contributed by atoms with Crippen molar-refractivity contribution in [3.05, 3.63) is 41.5 Å². The second kappa shape index (κ2) is 8.48. The second-order valence-corrected chi connectivity index (χ2v) is 6.16. The molecule has 0 aliphatic carbocycles. The number of aromatic nitrogens is 3. The van der Waals surface area contributed by atoms with Gasteiger partial charge >= 0.3 is 12.0 Å². The van der Waals surface area contributed by atoms with Crippen molar-refractivity contribution in [2.75, 3.05) is 24.4 Å². The molecule has 0 saturated carbocycles. The van der Waals surface area contributed by atoms with E-state index in [-0.39, 0.29) is 24.3 Å². The zero-order chi connectivity index (χ0) is 20.1. The summed E-state index contributed by atoms with van der Waals surface area (Å²) in [6, 6.07) is 3.36. The van der Waals surface area contributed by atoms with Gasteiger partial charge in [0.25, 0.3) is 5.91 Å². The molecule has 3 aromatic rings. The molecule has 3 aromatic heterocycles. The largest absolute Gasteiger partial charge is 0.481 e. The molecule has 0 spiro atoms. The Morgan fingerprint density at radius 1 is 1.25 bits per heavy atom. The lowest BCUT2D eigenvalue weighted by Crippen LogP contribution is -2.14. The van der Waals surface area contributed by atoms with Crippen LogP contribution in [-0.2, 0) is 4.74 Å². The fraction of sp³-hybridized carbons (Fsp3) is 0.235. The second-order valence-electron chi connectivity index (χ2n) is 5.39. The SMILES string of the molecule is CCOC(=O)c1cnc(Nc2snc(C)c2C(=O)Nc2ccc(OC)nc2)o1. The van der Waals surface area contributed by atoms with Crippen LogP contribution in [0.3, 0.4) is 0 Å². The predicted octanol–water partition coefficient (Wildman–Crippen LogP) is 3.02. The lowest BCUT2D eigenvalue weighted by atomic mass is 10.2. The number of anilines is 3. The number of oxazole rings is 1. The number of carbonyl (C=O) groups is 2. The average molecular weight is 403 g/mol. The monoisotopic (exact) mass is 403 g/mol. The third kappa shape index (κ3) is 4.26. The molecule has 10 nitrogen and oxygen atoms in total. The Balaban J connectivity index is 1.75. The molecule has 0 aliphatic rings. The van der Waals surface area contributed by atoms with Crippen molar-refractivity contribution < 1.29 is 23.5 Å². The fourth-order valence-corrected chi connectivity index (χ4v) is 3.00. The molecule has 0 radical (unpaired) electrons. The van der Waals surface area contributed by atoms with E-state index in [1.165, 1.54) is 19.5 Å². The Bertz CT molecular complexity index is 982. The van der Waals surface area contributed by atoms with Crippen molar-refractivity contribution in [2.45, 2.75) is 13.8 Å². The highest BCUT2D eigenvalue weighted by Gasteiger charge is 2.21. The van der Waals surface area contributed by atoms with Crippen LogP contribution in [0.25, 0.3) is 0 Å². The Kier molecular flexibility index (Phi) is 5.84. The molecule has 146 valence electrons. The average Bonchev–Trinajstić information content (AvgIpc) is 3.30. The van der Waals surface area contributed by atoms with Gasteiger partial charge in [0.1, 0.15) is 5.00 Å². The molecular formula is C17H17N5O5S. The van der Waals surface area contributed by atoms with E-state index in [1.807, 2.05) is 0 Å². The van der Waals surface area contributed by atoms with Gasteiger partial charge in [0, 0.05) is 6.07 Å². The lowest BCUT2D eigenvalue weighted by Gasteiger charge is -2.07. The minimum atomic E-state index is -0.617. The number of aryl methyl sites for hydroxylation is 1. The summed E-state index contributed by atoms with van der Waals surface area (Å²) < 4.78 is 19.4. The molecule has 2 N–H and O–H groups in total. The summed E-state index contributed by atoms with van der Waals surface area (Å²) in [6.07, 6.45) is 2.73. The van der Waals surface area contributed by atoms with Gasteiger partial charge in [-0.25, -0.2) is 14.8 Å². The van der Waals surface area contributed by atoms with Gasteiger partial charge in [0.15, 0.2) is 0 Å². The van der Waals surface area contributed by atoms with Gasteiger partial charge in [-0.2, -0.15) is 4.37 Å². The van der Waals surface area contributed by atoms with Crippen LogP contribution in [0.2, 0.25) is 0 Å². The molecule has 0 aliphatic heterocycles. The zero-order valence-electron chi connectivity index (χ0n) is 15.3. The maximum Gasteiger partial charge on any atom is 0.376 e. The summed E-state index contributed by atoms with van der Waals surface area (Å²) in [5.74, 6) is -0.595. The van der Waals surface area contributed by atoms with Crippen LogP contribution in [0.5, 0.6) is 5.88 Å². The number of esters is 1. The minimum absolute atomic E-state index is 0.0408. The van der Waals surface area contributed by atoms with E-state index in [1.54, 1.807) is 26.0 Å². The molecule has 0 saturated heterocycles. The first-order chi connectivity index (χ1) is 13.5. The van der Waals surface area contributed by atoms with Crippen molar-refractivity contribution in [3.63, 3.8) is 0 Å². The Labute approximate surface area is 164 Å². The quantitative estimate of drug-likeness (QED) is 0.572. The van der Waals surface area contributed by atoms with Crippen molar-refractivity contribution in [3.8, 4) is 5.88 Å². The van der Waals surface area contributed by atoms with Crippen LogP contribution in [0.1, 0.15) is 33.5 Å². The maximum atomic E-state index is 12.7. The van der Waals surface area contributed by atoms with Crippen molar-refractivity contribution in [1.82, 2.24) is 14.3 Å². The van der Waals surface area contributed by atoms with Gasteiger partial charge in [0.05, 0.1) is 43.1 Å². The van der Waals surface area contributed by atoms with Crippen LogP contribution in [0.15, 0.2) is 28.9 Å². The summed E-state index contributed by atoms with van der Waals surface area (Å²) in [5, 5.41) is 6.04. The first-order valence-electron chi connectivity index (χ1n) is 8.19. The third-order valence-corrected chi connectivity index (χ3v) is 4.35. The molecule has 0 unspecified atom stereocenters. The van der Waals surface area contributed by atoms with Crippen LogP contribution >= 0.6 is 11.5 Å². The molecular weight excluding hydrogens is 386 g/mol. The Morgan fingerprint density at radius 3 is 2.75 bits per heavy atom. The van der Waals surface area contributed by atoms with E-state index in [2.05, 4.69) is 25.0 Å². The maximum absolute atomic E-state index is 12.7. The lowest BCUT2D eigenvalue weighted by molar-refractivity contribution is 0.0491. The van der Waals surface area contributed by atoms with E-state index in [9.17, 15) is 9.59 Å². The van der Waals surface area contributed by atoms with E-state index in [4.69, 9.17) is 13.9 Å². The molecule has 28 heavy (non-hydrogen) atoms. The molecule has 1 amide bonds. The number of amides is 1. The fourth-order valence-electron chi connectivity index (χ4n) is 2.22. The van der Waals surface area contributed by atoms with Crippen molar-refractivity contribution >= 4 is 40.1 Å². The molecule has 0 atom stereocenters. The first-order valence-corrected chi connectivity index (χ1v) is 8.96. The van der Waals surface area contributed by atoms with Gasteiger partial charge in [-0.3, -0.25) is 10.1 Å². The van der Waals surface area contributed by atoms with Crippen LogP contribution in [0, 0.1) is 6.92 Å². The van der Waals surface area contributed by atoms with E-state index >= 15 is 0 Å². The number of rotatable bonds is 7.